The molecular formula is C29H46O5. The number of esters is 1. The van der Waals surface area contributed by atoms with Gasteiger partial charge in [0.05, 0.1) is 18.8 Å². The lowest BCUT2D eigenvalue weighted by atomic mass is 9.55. The number of aliphatic hydroxyl groups is 2. The van der Waals surface area contributed by atoms with E-state index >= 15 is 0 Å². The molecule has 8 atom stereocenters. The molecule has 3 aliphatic carbocycles. The zero-order valence-corrected chi connectivity index (χ0v) is 22.0. The Hall–Kier alpha value is -1.46. The first-order valence-electron chi connectivity index (χ1n) is 13.3. The zero-order chi connectivity index (χ0) is 25.3. The van der Waals surface area contributed by atoms with Crippen LogP contribution in [0, 0.1) is 40.4 Å². The molecule has 5 nitrogen and oxygen atoms in total. The van der Waals surface area contributed by atoms with Crippen LogP contribution in [0.1, 0.15) is 86.5 Å². The average molecular weight is 475 g/mol. The molecule has 0 amide bonds. The fourth-order valence-corrected chi connectivity index (χ4v) is 7.21. The van der Waals surface area contributed by atoms with Crippen LogP contribution in [0.5, 0.6) is 0 Å². The van der Waals surface area contributed by atoms with E-state index in [-0.39, 0.29) is 29.0 Å². The smallest absolute Gasteiger partial charge is 0.302 e. The van der Waals surface area contributed by atoms with E-state index in [0.717, 1.165) is 24.8 Å². The number of fused-ring (bicyclic) bond motifs is 1. The summed E-state index contributed by atoms with van der Waals surface area (Å²) in [5, 5.41) is 21.3. The third-order valence-electron chi connectivity index (χ3n) is 9.30. The summed E-state index contributed by atoms with van der Waals surface area (Å²) in [6.45, 7) is 12.7. The van der Waals surface area contributed by atoms with E-state index in [0.29, 0.717) is 50.0 Å². The Morgan fingerprint density at radius 1 is 1.21 bits per heavy atom. The molecule has 0 aromatic heterocycles. The second-order valence-electron chi connectivity index (χ2n) is 12.1. The van der Waals surface area contributed by atoms with E-state index in [1.807, 2.05) is 13.0 Å². The summed E-state index contributed by atoms with van der Waals surface area (Å²) in [5.41, 5.74) is -0.0652. The average Bonchev–Trinajstić information content (AvgIpc) is 3.08. The molecule has 3 aliphatic rings. The first-order chi connectivity index (χ1) is 15.9. The summed E-state index contributed by atoms with van der Waals surface area (Å²) in [5.74, 6) is 1.01. The molecule has 0 aromatic carbocycles. The Kier molecular flexibility index (Phi) is 8.50. The van der Waals surface area contributed by atoms with Crippen molar-refractivity contribution in [1.82, 2.24) is 0 Å². The van der Waals surface area contributed by atoms with Crippen LogP contribution in [0.25, 0.3) is 0 Å². The van der Waals surface area contributed by atoms with Gasteiger partial charge >= 0.3 is 5.97 Å². The van der Waals surface area contributed by atoms with Gasteiger partial charge in [0.1, 0.15) is 0 Å². The van der Waals surface area contributed by atoms with Gasteiger partial charge in [-0.2, -0.15) is 0 Å². The van der Waals surface area contributed by atoms with Crippen molar-refractivity contribution in [3.8, 4) is 0 Å². The van der Waals surface area contributed by atoms with Gasteiger partial charge in [-0.3, -0.25) is 9.59 Å². The predicted molar refractivity (Wildman–Crippen MR) is 134 cm³/mol. The number of rotatable bonds is 8. The molecule has 2 fully saturated rings. The molecule has 192 valence electrons. The lowest BCUT2D eigenvalue weighted by molar-refractivity contribution is -0.143. The van der Waals surface area contributed by atoms with E-state index in [9.17, 15) is 19.8 Å². The third kappa shape index (κ3) is 5.36. The number of hydrogen-bond donors (Lipinski definition) is 2. The van der Waals surface area contributed by atoms with Crippen molar-refractivity contribution in [2.24, 2.45) is 40.4 Å². The van der Waals surface area contributed by atoms with Gasteiger partial charge in [0.25, 0.3) is 0 Å². The minimum absolute atomic E-state index is 0.0285. The van der Waals surface area contributed by atoms with Crippen LogP contribution >= 0.6 is 0 Å². The maximum atomic E-state index is 14.0. The Morgan fingerprint density at radius 3 is 2.56 bits per heavy atom. The predicted octanol–water partition coefficient (Wildman–Crippen LogP) is 5.25. The standard InChI is InChI=1S/C29H46O5/c1-18(2)8-7-9-19(3)23-10-11-24(28(23,5)14-15-34-20(4)30)22-17-26(32)25-16-21(31)12-13-29(25,6)27(22)33/h7,9,17-19,21,23-26,31-32H,8,10-16H2,1-6H3/b9-7+/t19-,21-,23?,24-,25+,26-,28+,29-/m0/s1. The fraction of sp³-hybridized carbons (Fsp3) is 0.793. The van der Waals surface area contributed by atoms with Crippen molar-refractivity contribution >= 4 is 11.8 Å². The van der Waals surface area contributed by atoms with Gasteiger partial charge in [-0.25, -0.2) is 0 Å². The molecule has 2 N–H and O–H groups in total. The monoisotopic (exact) mass is 474 g/mol. The highest BCUT2D eigenvalue weighted by atomic mass is 16.5. The number of hydrogen-bond acceptors (Lipinski definition) is 5. The van der Waals surface area contributed by atoms with Crippen LogP contribution in [-0.4, -0.2) is 40.8 Å². The lowest BCUT2D eigenvalue weighted by Gasteiger charge is -2.49. The van der Waals surface area contributed by atoms with Crippen molar-refractivity contribution in [3.05, 3.63) is 23.8 Å². The molecule has 0 bridgehead atoms. The summed E-state index contributed by atoms with van der Waals surface area (Å²) in [6.07, 6.45) is 10.6. The summed E-state index contributed by atoms with van der Waals surface area (Å²) < 4.78 is 5.37. The second kappa shape index (κ2) is 10.7. The van der Waals surface area contributed by atoms with Crippen molar-refractivity contribution in [1.29, 1.82) is 0 Å². The van der Waals surface area contributed by atoms with Crippen LogP contribution in [-0.2, 0) is 14.3 Å². The van der Waals surface area contributed by atoms with E-state index in [1.165, 1.54) is 6.92 Å². The molecule has 0 heterocycles. The summed E-state index contributed by atoms with van der Waals surface area (Å²) in [6, 6.07) is 0. The lowest BCUT2D eigenvalue weighted by Crippen LogP contribution is -2.52. The first kappa shape index (κ1) is 27.1. The minimum Gasteiger partial charge on any atom is -0.466 e. The molecule has 5 heteroatoms. The summed E-state index contributed by atoms with van der Waals surface area (Å²) in [7, 11) is 0. The van der Waals surface area contributed by atoms with Crippen LogP contribution in [0.3, 0.4) is 0 Å². The highest BCUT2D eigenvalue weighted by molar-refractivity contribution is 6.01. The highest BCUT2D eigenvalue weighted by Crippen LogP contribution is 2.59. The van der Waals surface area contributed by atoms with E-state index in [2.05, 4.69) is 39.8 Å². The number of ether oxygens (including phenoxy) is 1. The van der Waals surface area contributed by atoms with E-state index in [4.69, 9.17) is 4.74 Å². The number of aliphatic hydroxyl groups excluding tert-OH is 2. The van der Waals surface area contributed by atoms with Crippen LogP contribution in [0.15, 0.2) is 23.8 Å². The molecule has 0 aliphatic heterocycles. The number of carbonyl (C=O) groups excluding carboxylic acids is 2. The zero-order valence-electron chi connectivity index (χ0n) is 22.0. The number of Topliss-reactive ketones (excluding diaryl/α,β-unsaturated/α-hetero) is 1. The quantitative estimate of drug-likeness (QED) is 0.371. The Morgan fingerprint density at radius 2 is 1.91 bits per heavy atom. The van der Waals surface area contributed by atoms with Gasteiger partial charge in [-0.15, -0.1) is 0 Å². The normalized spacial score (nSPS) is 39.3. The number of ketones is 1. The molecule has 0 saturated heterocycles. The maximum absolute atomic E-state index is 14.0. The van der Waals surface area contributed by atoms with Gasteiger partial charge < -0.3 is 14.9 Å². The van der Waals surface area contributed by atoms with Gasteiger partial charge in [0.15, 0.2) is 5.78 Å². The Bertz CT molecular complexity index is 813. The molecule has 0 spiro atoms. The molecule has 3 rings (SSSR count). The van der Waals surface area contributed by atoms with Crippen molar-refractivity contribution < 1.29 is 24.5 Å². The Balaban J connectivity index is 1.92. The minimum atomic E-state index is -0.715. The first-order valence-corrected chi connectivity index (χ1v) is 13.3. The number of carbonyl (C=O) groups is 2. The second-order valence-corrected chi connectivity index (χ2v) is 12.1. The summed E-state index contributed by atoms with van der Waals surface area (Å²) in [4.78, 5) is 25.4. The fourth-order valence-electron chi connectivity index (χ4n) is 7.21. The van der Waals surface area contributed by atoms with Gasteiger partial charge in [0, 0.05) is 18.3 Å². The molecular weight excluding hydrogens is 428 g/mol. The third-order valence-corrected chi connectivity index (χ3v) is 9.30. The van der Waals surface area contributed by atoms with Crippen molar-refractivity contribution in [2.45, 2.75) is 98.7 Å². The van der Waals surface area contributed by atoms with E-state index < -0.39 is 17.6 Å². The molecule has 0 radical (unpaired) electrons. The van der Waals surface area contributed by atoms with Crippen molar-refractivity contribution in [2.75, 3.05) is 6.61 Å². The van der Waals surface area contributed by atoms with Gasteiger partial charge in [-0.05, 0) is 85.7 Å². The molecule has 1 unspecified atom stereocenters. The van der Waals surface area contributed by atoms with Crippen LogP contribution in [0.2, 0.25) is 0 Å². The largest absolute Gasteiger partial charge is 0.466 e. The van der Waals surface area contributed by atoms with Gasteiger partial charge in [0.2, 0.25) is 0 Å². The molecule has 34 heavy (non-hydrogen) atoms. The SMILES string of the molecule is CC(=O)OCC[C@]1(C)C([C@@H](C)/C=C/CC(C)C)CC[C@H]1C1=C[C@H](O)[C@H]2C[C@@H](O)CC[C@]2(C)C1=O. The summed E-state index contributed by atoms with van der Waals surface area (Å²) >= 11 is 0. The topological polar surface area (TPSA) is 83.8 Å². The van der Waals surface area contributed by atoms with Crippen molar-refractivity contribution in [3.63, 3.8) is 0 Å². The molecule has 2 saturated carbocycles. The van der Waals surface area contributed by atoms with Gasteiger partial charge in [-0.1, -0.05) is 46.8 Å². The maximum Gasteiger partial charge on any atom is 0.302 e. The Labute approximate surface area is 206 Å². The van der Waals surface area contributed by atoms with E-state index in [1.54, 1.807) is 0 Å². The van der Waals surface area contributed by atoms with Crippen LogP contribution < -0.4 is 0 Å². The van der Waals surface area contributed by atoms with Crippen LogP contribution in [0.4, 0.5) is 0 Å². The molecule has 0 aromatic rings. The highest BCUT2D eigenvalue weighted by Gasteiger charge is 2.56. The number of allylic oxidation sites excluding steroid dienone is 3.